The molecular formula is C14H20ClFN2O2. The number of benzene rings is 1. The number of morpholine rings is 1. The maximum Gasteiger partial charge on any atom is 0.224 e. The molecule has 1 amide bonds. The summed E-state index contributed by atoms with van der Waals surface area (Å²) < 4.78 is 19.3. The monoisotopic (exact) mass is 302 g/mol. The lowest BCUT2D eigenvalue weighted by molar-refractivity contribution is -0.139. The number of nitrogens with zero attached hydrogens (tertiary/aromatic N) is 1. The lowest BCUT2D eigenvalue weighted by Gasteiger charge is -2.33. The molecule has 1 aromatic carbocycles. The van der Waals surface area contributed by atoms with Crippen LogP contribution in [-0.4, -0.2) is 36.5 Å². The van der Waals surface area contributed by atoms with E-state index >= 15 is 0 Å². The summed E-state index contributed by atoms with van der Waals surface area (Å²) in [4.78, 5) is 13.7. The number of rotatable bonds is 3. The van der Waals surface area contributed by atoms with Crippen molar-refractivity contribution in [2.24, 2.45) is 5.73 Å². The Balaban J connectivity index is 0.00000200. The second-order valence-corrected chi connectivity index (χ2v) is 4.90. The van der Waals surface area contributed by atoms with E-state index in [4.69, 9.17) is 10.5 Å². The lowest BCUT2D eigenvalue weighted by atomic mass is 10.1. The van der Waals surface area contributed by atoms with Gasteiger partial charge in [-0.15, -0.1) is 12.4 Å². The second kappa shape index (κ2) is 7.57. The first-order chi connectivity index (χ1) is 9.08. The molecule has 0 bridgehead atoms. The Morgan fingerprint density at radius 2 is 2.25 bits per heavy atom. The molecule has 2 rings (SSSR count). The van der Waals surface area contributed by atoms with Gasteiger partial charge < -0.3 is 15.4 Å². The van der Waals surface area contributed by atoms with Crippen LogP contribution in [0.3, 0.4) is 0 Å². The van der Waals surface area contributed by atoms with Gasteiger partial charge in [0.25, 0.3) is 0 Å². The van der Waals surface area contributed by atoms with Crippen molar-refractivity contribution in [2.75, 3.05) is 19.7 Å². The zero-order valence-corrected chi connectivity index (χ0v) is 12.2. The van der Waals surface area contributed by atoms with Gasteiger partial charge in [0.1, 0.15) is 11.9 Å². The van der Waals surface area contributed by atoms with Crippen molar-refractivity contribution >= 4 is 18.3 Å². The predicted octanol–water partition coefficient (Wildman–Crippen LogP) is 1.88. The molecule has 1 aliphatic heterocycles. The first kappa shape index (κ1) is 16.9. The van der Waals surface area contributed by atoms with Crippen LogP contribution in [0.2, 0.25) is 0 Å². The standard InChI is InChI=1S/C14H19FN2O2.ClH/c1-10(16)8-14(18)17-6-7-19-13(9-17)11-4-2-3-5-12(11)15;/h2-5,10,13H,6-9,16H2,1H3;1H. The van der Waals surface area contributed by atoms with Crippen molar-refractivity contribution in [1.29, 1.82) is 0 Å². The van der Waals surface area contributed by atoms with E-state index in [1.165, 1.54) is 6.07 Å². The van der Waals surface area contributed by atoms with E-state index in [1.54, 1.807) is 30.0 Å². The lowest BCUT2D eigenvalue weighted by Crippen LogP contribution is -2.43. The maximum absolute atomic E-state index is 13.7. The number of hydrogen-bond acceptors (Lipinski definition) is 3. The Labute approximate surface area is 124 Å². The van der Waals surface area contributed by atoms with Crippen LogP contribution in [0.25, 0.3) is 0 Å². The molecule has 1 aliphatic rings. The van der Waals surface area contributed by atoms with Gasteiger partial charge in [-0.2, -0.15) is 0 Å². The highest BCUT2D eigenvalue weighted by atomic mass is 35.5. The van der Waals surface area contributed by atoms with Gasteiger partial charge in [0.15, 0.2) is 0 Å². The SMILES string of the molecule is CC(N)CC(=O)N1CCOC(c2ccccc2F)C1.Cl. The third kappa shape index (κ3) is 4.16. The fourth-order valence-electron chi connectivity index (χ4n) is 2.20. The van der Waals surface area contributed by atoms with E-state index in [2.05, 4.69) is 0 Å². The van der Waals surface area contributed by atoms with E-state index in [1.807, 2.05) is 0 Å². The van der Waals surface area contributed by atoms with E-state index in [9.17, 15) is 9.18 Å². The molecule has 112 valence electrons. The number of ether oxygens (including phenoxy) is 1. The first-order valence-electron chi connectivity index (χ1n) is 6.47. The second-order valence-electron chi connectivity index (χ2n) is 4.90. The zero-order valence-electron chi connectivity index (χ0n) is 11.4. The average Bonchev–Trinajstić information content (AvgIpc) is 2.38. The third-order valence-corrected chi connectivity index (χ3v) is 3.17. The number of nitrogens with two attached hydrogens (primary N) is 1. The fraction of sp³-hybridized carbons (Fsp3) is 0.500. The number of hydrogen-bond donors (Lipinski definition) is 1. The molecule has 1 heterocycles. The summed E-state index contributed by atoms with van der Waals surface area (Å²) in [5, 5.41) is 0. The molecule has 0 radical (unpaired) electrons. The van der Waals surface area contributed by atoms with Crippen molar-refractivity contribution in [1.82, 2.24) is 4.90 Å². The van der Waals surface area contributed by atoms with Crippen LogP contribution < -0.4 is 5.73 Å². The predicted molar refractivity (Wildman–Crippen MR) is 77.2 cm³/mol. The molecule has 1 fully saturated rings. The highest BCUT2D eigenvalue weighted by Gasteiger charge is 2.27. The Morgan fingerprint density at radius 3 is 2.90 bits per heavy atom. The van der Waals surface area contributed by atoms with Crippen molar-refractivity contribution in [3.05, 3.63) is 35.6 Å². The van der Waals surface area contributed by atoms with Gasteiger partial charge in [0.05, 0.1) is 13.2 Å². The van der Waals surface area contributed by atoms with E-state index in [0.29, 0.717) is 31.7 Å². The van der Waals surface area contributed by atoms with Gasteiger partial charge in [0.2, 0.25) is 5.91 Å². The van der Waals surface area contributed by atoms with E-state index < -0.39 is 6.10 Å². The third-order valence-electron chi connectivity index (χ3n) is 3.17. The Kier molecular flexibility index (Phi) is 6.39. The summed E-state index contributed by atoms with van der Waals surface area (Å²) in [6.45, 7) is 3.14. The minimum absolute atomic E-state index is 0. The van der Waals surface area contributed by atoms with E-state index in [-0.39, 0.29) is 30.2 Å². The van der Waals surface area contributed by atoms with Crippen molar-refractivity contribution in [3.8, 4) is 0 Å². The number of carbonyl (C=O) groups excluding carboxylic acids is 1. The Bertz CT molecular complexity index is 457. The topological polar surface area (TPSA) is 55.6 Å². The van der Waals surface area contributed by atoms with Gasteiger partial charge in [0, 0.05) is 24.6 Å². The molecule has 1 aromatic rings. The summed E-state index contributed by atoms with van der Waals surface area (Å²) in [5.74, 6) is -0.298. The summed E-state index contributed by atoms with van der Waals surface area (Å²) in [6.07, 6.45) is -0.0868. The average molecular weight is 303 g/mol. The molecule has 2 unspecified atom stereocenters. The fourth-order valence-corrected chi connectivity index (χ4v) is 2.20. The number of amides is 1. The Morgan fingerprint density at radius 1 is 1.55 bits per heavy atom. The molecule has 2 N–H and O–H groups in total. The van der Waals surface area contributed by atoms with E-state index in [0.717, 1.165) is 0 Å². The molecule has 4 nitrogen and oxygen atoms in total. The molecule has 20 heavy (non-hydrogen) atoms. The molecule has 2 atom stereocenters. The minimum Gasteiger partial charge on any atom is -0.370 e. The minimum atomic E-state index is -0.396. The van der Waals surface area contributed by atoms with Gasteiger partial charge in [-0.1, -0.05) is 18.2 Å². The van der Waals surface area contributed by atoms with Gasteiger partial charge >= 0.3 is 0 Å². The summed E-state index contributed by atoms with van der Waals surface area (Å²) in [7, 11) is 0. The molecule has 6 heteroatoms. The van der Waals surface area contributed by atoms with Gasteiger partial charge in [-0.3, -0.25) is 4.79 Å². The molecular weight excluding hydrogens is 283 g/mol. The van der Waals surface area contributed by atoms with Crippen molar-refractivity contribution in [3.63, 3.8) is 0 Å². The quantitative estimate of drug-likeness (QED) is 0.927. The molecule has 0 saturated carbocycles. The Hall–Kier alpha value is -1.17. The van der Waals surface area contributed by atoms with Crippen molar-refractivity contribution in [2.45, 2.75) is 25.5 Å². The number of carbonyl (C=O) groups is 1. The van der Waals surface area contributed by atoms with Crippen LogP contribution in [0.5, 0.6) is 0 Å². The highest BCUT2D eigenvalue weighted by Crippen LogP contribution is 2.24. The van der Waals surface area contributed by atoms with Crippen LogP contribution in [0.1, 0.15) is 25.0 Å². The van der Waals surface area contributed by atoms with Crippen LogP contribution in [0.15, 0.2) is 24.3 Å². The maximum atomic E-state index is 13.7. The van der Waals surface area contributed by atoms with Crippen LogP contribution in [-0.2, 0) is 9.53 Å². The molecule has 1 saturated heterocycles. The largest absolute Gasteiger partial charge is 0.370 e. The highest BCUT2D eigenvalue weighted by molar-refractivity contribution is 5.85. The number of halogens is 2. The first-order valence-corrected chi connectivity index (χ1v) is 6.47. The summed E-state index contributed by atoms with van der Waals surface area (Å²) >= 11 is 0. The summed E-state index contributed by atoms with van der Waals surface area (Å²) in [6, 6.07) is 6.34. The normalized spacial score (nSPS) is 20.1. The zero-order chi connectivity index (χ0) is 13.8. The molecule has 0 aliphatic carbocycles. The van der Waals surface area contributed by atoms with Crippen LogP contribution >= 0.6 is 12.4 Å². The smallest absolute Gasteiger partial charge is 0.224 e. The molecule has 0 aromatic heterocycles. The molecule has 0 spiro atoms. The summed E-state index contributed by atoms with van der Waals surface area (Å²) in [5.41, 5.74) is 6.13. The van der Waals surface area contributed by atoms with Crippen molar-refractivity contribution < 1.29 is 13.9 Å². The van der Waals surface area contributed by atoms with Crippen LogP contribution in [0.4, 0.5) is 4.39 Å². The van der Waals surface area contributed by atoms with Gasteiger partial charge in [-0.25, -0.2) is 4.39 Å². The van der Waals surface area contributed by atoms with Gasteiger partial charge in [-0.05, 0) is 13.0 Å². The van der Waals surface area contributed by atoms with Crippen LogP contribution in [0, 0.1) is 5.82 Å².